The number of ether oxygens (including phenoxy) is 4. The third kappa shape index (κ3) is 4.53. The Bertz CT molecular complexity index is 517. The molecule has 1 aromatic carbocycles. The van der Waals surface area contributed by atoms with Gasteiger partial charge >= 0.3 is 11.9 Å². The summed E-state index contributed by atoms with van der Waals surface area (Å²) in [6, 6.07) is 3.27. The fourth-order valence-electron chi connectivity index (χ4n) is 2.47. The number of methoxy groups -OCH3 is 2. The maximum atomic E-state index is 12.0. The zero-order chi connectivity index (χ0) is 16.7. The van der Waals surface area contributed by atoms with Crippen LogP contribution in [0.15, 0.2) is 12.1 Å². The van der Waals surface area contributed by atoms with Gasteiger partial charge in [-0.2, -0.15) is 0 Å². The van der Waals surface area contributed by atoms with E-state index < -0.39 is 11.9 Å². The van der Waals surface area contributed by atoms with Crippen molar-refractivity contribution >= 4 is 11.9 Å². The lowest BCUT2D eigenvalue weighted by molar-refractivity contribution is 0.0554. The molecule has 126 valence electrons. The van der Waals surface area contributed by atoms with Gasteiger partial charge in [0.25, 0.3) is 0 Å². The first-order valence-corrected chi connectivity index (χ1v) is 7.65. The zero-order valence-corrected chi connectivity index (χ0v) is 13.6. The lowest BCUT2D eigenvalue weighted by Crippen LogP contribution is -2.15. The molecule has 0 radical (unpaired) electrons. The summed E-state index contributed by atoms with van der Waals surface area (Å²) in [4.78, 5) is 23.9. The maximum absolute atomic E-state index is 12.0. The third-order valence-electron chi connectivity index (χ3n) is 3.74. The van der Waals surface area contributed by atoms with Crippen LogP contribution >= 0.6 is 0 Å². The Hall–Kier alpha value is -1.92. The van der Waals surface area contributed by atoms with Crippen LogP contribution in [-0.4, -0.2) is 39.4 Å². The smallest absolute Gasteiger partial charge is 0.338 e. The van der Waals surface area contributed by atoms with Crippen LogP contribution in [0.1, 0.15) is 51.1 Å². The van der Waals surface area contributed by atoms with E-state index in [1.807, 2.05) is 0 Å². The zero-order valence-electron chi connectivity index (χ0n) is 13.6. The molecule has 6 heteroatoms. The molecule has 0 saturated heterocycles. The van der Waals surface area contributed by atoms with Gasteiger partial charge in [-0.25, -0.2) is 9.59 Å². The molecule has 1 heterocycles. The first-order chi connectivity index (χ1) is 11.2. The van der Waals surface area contributed by atoms with Crippen LogP contribution in [0.25, 0.3) is 0 Å². The first kappa shape index (κ1) is 17.4. The summed E-state index contributed by atoms with van der Waals surface area (Å²) >= 11 is 0. The van der Waals surface area contributed by atoms with Crippen molar-refractivity contribution in [2.75, 3.05) is 27.4 Å². The maximum Gasteiger partial charge on any atom is 0.338 e. The number of hydrogen-bond acceptors (Lipinski definition) is 6. The van der Waals surface area contributed by atoms with Gasteiger partial charge in [-0.3, -0.25) is 0 Å². The summed E-state index contributed by atoms with van der Waals surface area (Å²) in [6.45, 7) is 2.05. The van der Waals surface area contributed by atoms with Gasteiger partial charge < -0.3 is 18.9 Å². The molecule has 1 aliphatic rings. The molecule has 0 N–H and O–H groups in total. The van der Waals surface area contributed by atoms with E-state index in [9.17, 15) is 9.59 Å². The van der Waals surface area contributed by atoms with Crippen molar-refractivity contribution in [3.63, 3.8) is 0 Å². The number of carbonyl (C=O) groups excluding carboxylic acids is 2. The van der Waals surface area contributed by atoms with Gasteiger partial charge in [-0.05, 0) is 42.5 Å². The molecule has 0 fully saturated rings. The summed E-state index contributed by atoms with van der Waals surface area (Å²) in [5, 5.41) is 0. The molecule has 0 aromatic heterocycles. The van der Waals surface area contributed by atoms with E-state index >= 15 is 0 Å². The molecule has 0 atom stereocenters. The Balaban J connectivity index is 2.42. The molecule has 1 aromatic rings. The van der Waals surface area contributed by atoms with Crippen LogP contribution in [-0.2, 0) is 32.2 Å². The normalized spacial score (nSPS) is 15.9. The monoisotopic (exact) mass is 322 g/mol. The van der Waals surface area contributed by atoms with Gasteiger partial charge in [-0.15, -0.1) is 0 Å². The molecule has 0 saturated carbocycles. The van der Waals surface area contributed by atoms with Crippen LogP contribution in [0.4, 0.5) is 0 Å². The number of benzene rings is 1. The van der Waals surface area contributed by atoms with E-state index in [4.69, 9.17) is 18.9 Å². The molecule has 0 amide bonds. The standard InChI is InChI=1S/C17H22O6/c1-20-16(18)14-8-12-10-22-6-4-3-5-7-23-11-13(12)9-15(14)17(19)21-2/h8-9H,3-7,10-11H2,1-2H3. The van der Waals surface area contributed by atoms with Crippen molar-refractivity contribution in [1.82, 2.24) is 0 Å². The fraction of sp³-hybridized carbons (Fsp3) is 0.529. The van der Waals surface area contributed by atoms with Crippen LogP contribution in [0.5, 0.6) is 0 Å². The van der Waals surface area contributed by atoms with Gasteiger partial charge in [0.05, 0.1) is 38.6 Å². The van der Waals surface area contributed by atoms with Crippen molar-refractivity contribution in [1.29, 1.82) is 0 Å². The third-order valence-corrected chi connectivity index (χ3v) is 3.74. The first-order valence-electron chi connectivity index (χ1n) is 7.65. The minimum Gasteiger partial charge on any atom is -0.465 e. The van der Waals surface area contributed by atoms with E-state index in [2.05, 4.69) is 0 Å². The van der Waals surface area contributed by atoms with E-state index in [0.29, 0.717) is 26.4 Å². The number of carbonyl (C=O) groups is 2. The van der Waals surface area contributed by atoms with E-state index in [-0.39, 0.29) is 11.1 Å². The number of esters is 2. The quantitative estimate of drug-likeness (QED) is 0.779. The second-order valence-electron chi connectivity index (χ2n) is 5.32. The number of hydrogen-bond donors (Lipinski definition) is 0. The van der Waals surface area contributed by atoms with Crippen LogP contribution in [0, 0.1) is 0 Å². The van der Waals surface area contributed by atoms with Crippen LogP contribution < -0.4 is 0 Å². The summed E-state index contributed by atoms with van der Waals surface area (Å²) in [5.74, 6) is -1.16. The van der Waals surface area contributed by atoms with Gasteiger partial charge in [0.15, 0.2) is 0 Å². The van der Waals surface area contributed by atoms with Gasteiger partial charge in [0.1, 0.15) is 0 Å². The largest absolute Gasteiger partial charge is 0.465 e. The lowest BCUT2D eigenvalue weighted by Gasteiger charge is -2.14. The predicted molar refractivity (Wildman–Crippen MR) is 82.3 cm³/mol. The minimum atomic E-state index is -0.580. The average molecular weight is 322 g/mol. The fourth-order valence-corrected chi connectivity index (χ4v) is 2.47. The number of fused-ring (bicyclic) bond motifs is 1. The highest BCUT2D eigenvalue weighted by atomic mass is 16.5. The molecule has 0 aliphatic carbocycles. The van der Waals surface area contributed by atoms with E-state index in [1.54, 1.807) is 12.1 Å². The Kier molecular flexibility index (Phi) is 6.55. The minimum absolute atomic E-state index is 0.177. The van der Waals surface area contributed by atoms with E-state index in [1.165, 1.54) is 14.2 Å². The van der Waals surface area contributed by atoms with Crippen molar-refractivity contribution < 1.29 is 28.5 Å². The molecule has 1 aliphatic heterocycles. The second kappa shape index (κ2) is 8.64. The van der Waals surface area contributed by atoms with E-state index in [0.717, 1.165) is 30.4 Å². The van der Waals surface area contributed by atoms with Crippen LogP contribution in [0.2, 0.25) is 0 Å². The molecule has 0 unspecified atom stereocenters. The van der Waals surface area contributed by atoms with Crippen LogP contribution in [0.3, 0.4) is 0 Å². The summed E-state index contributed by atoms with van der Waals surface area (Å²) < 4.78 is 20.9. The Morgan fingerprint density at radius 1 is 0.826 bits per heavy atom. The average Bonchev–Trinajstić information content (AvgIpc) is 2.63. The Labute approximate surface area is 135 Å². The predicted octanol–water partition coefficient (Wildman–Crippen LogP) is 2.48. The lowest BCUT2D eigenvalue weighted by atomic mass is 9.98. The molecule has 6 nitrogen and oxygen atoms in total. The highest BCUT2D eigenvalue weighted by molar-refractivity contribution is 6.03. The van der Waals surface area contributed by atoms with Crippen molar-refractivity contribution in [2.24, 2.45) is 0 Å². The summed E-state index contributed by atoms with van der Waals surface area (Å²) in [5.41, 5.74) is 1.99. The Morgan fingerprint density at radius 2 is 1.26 bits per heavy atom. The molecular weight excluding hydrogens is 300 g/mol. The topological polar surface area (TPSA) is 71.1 Å². The highest BCUT2D eigenvalue weighted by Crippen LogP contribution is 2.22. The van der Waals surface area contributed by atoms with Gasteiger partial charge in [0.2, 0.25) is 0 Å². The molecule has 0 bridgehead atoms. The SMILES string of the molecule is COC(=O)c1cc2c(cc1C(=O)OC)COCCCCCOC2. The number of rotatable bonds is 2. The van der Waals surface area contributed by atoms with Gasteiger partial charge in [-0.1, -0.05) is 0 Å². The molecule has 23 heavy (non-hydrogen) atoms. The summed E-state index contributed by atoms with van der Waals surface area (Å²) in [7, 11) is 2.55. The molecule has 0 spiro atoms. The summed E-state index contributed by atoms with van der Waals surface area (Å²) in [6.07, 6.45) is 3.00. The Morgan fingerprint density at radius 3 is 1.65 bits per heavy atom. The van der Waals surface area contributed by atoms with Gasteiger partial charge in [0, 0.05) is 13.2 Å². The van der Waals surface area contributed by atoms with Crippen molar-refractivity contribution in [3.8, 4) is 0 Å². The molecule has 2 rings (SSSR count). The molecular formula is C17H22O6. The highest BCUT2D eigenvalue weighted by Gasteiger charge is 2.22. The van der Waals surface area contributed by atoms with Crippen molar-refractivity contribution in [3.05, 3.63) is 34.4 Å². The second-order valence-corrected chi connectivity index (χ2v) is 5.32. The van der Waals surface area contributed by atoms with Crippen molar-refractivity contribution in [2.45, 2.75) is 32.5 Å².